The van der Waals surface area contributed by atoms with Gasteiger partial charge in [-0.2, -0.15) is 0 Å². The molecule has 0 amide bonds. The van der Waals surface area contributed by atoms with Gasteiger partial charge >= 0.3 is 6.01 Å². The van der Waals surface area contributed by atoms with Gasteiger partial charge in [0.05, 0.1) is 13.2 Å². The molecule has 0 atom stereocenters. The van der Waals surface area contributed by atoms with E-state index in [9.17, 15) is 4.39 Å². The van der Waals surface area contributed by atoms with Gasteiger partial charge in [0.2, 0.25) is 0 Å². The number of hydrogen-bond acceptors (Lipinski definition) is 4. The lowest BCUT2D eigenvalue weighted by Gasteiger charge is -2.28. The van der Waals surface area contributed by atoms with E-state index in [-0.39, 0.29) is 11.6 Å². The van der Waals surface area contributed by atoms with Crippen molar-refractivity contribution in [3.63, 3.8) is 0 Å². The summed E-state index contributed by atoms with van der Waals surface area (Å²) in [7, 11) is 0. The standard InChI is InChI=1S/C26H37FN2O2/c1-3-5-7-8-20-9-11-21(12-10-20)19-31-26-28-17-23(18-29-26)22-13-14-25(24(27)16-22)30-15-6-4-2/h13-14,16-18,20-21H,3-12,15,19H2,1-2H3/t20-,21-. The van der Waals surface area contributed by atoms with Crippen molar-refractivity contribution in [2.24, 2.45) is 11.8 Å². The quantitative estimate of drug-likeness (QED) is 0.335. The molecule has 2 aromatic rings. The van der Waals surface area contributed by atoms with Crippen LogP contribution in [0, 0.1) is 17.7 Å². The van der Waals surface area contributed by atoms with Gasteiger partial charge in [0.1, 0.15) is 0 Å². The average Bonchev–Trinajstić information content (AvgIpc) is 2.80. The predicted octanol–water partition coefficient (Wildman–Crippen LogP) is 7.23. The smallest absolute Gasteiger partial charge is 0.316 e. The van der Waals surface area contributed by atoms with Crippen LogP contribution in [-0.2, 0) is 0 Å². The number of halogens is 1. The number of ether oxygens (including phenoxy) is 2. The third-order valence-corrected chi connectivity index (χ3v) is 6.28. The Labute approximate surface area is 186 Å². The maximum absolute atomic E-state index is 14.3. The summed E-state index contributed by atoms with van der Waals surface area (Å²) >= 11 is 0. The van der Waals surface area contributed by atoms with Crippen molar-refractivity contribution in [3.8, 4) is 22.9 Å². The van der Waals surface area contributed by atoms with Crippen LogP contribution in [0.2, 0.25) is 0 Å². The van der Waals surface area contributed by atoms with Gasteiger partial charge < -0.3 is 9.47 Å². The minimum Gasteiger partial charge on any atom is -0.491 e. The summed E-state index contributed by atoms with van der Waals surface area (Å²) < 4.78 is 25.6. The van der Waals surface area contributed by atoms with Crippen LogP contribution in [0.5, 0.6) is 11.8 Å². The summed E-state index contributed by atoms with van der Waals surface area (Å²) in [6.45, 7) is 5.55. The third-order valence-electron chi connectivity index (χ3n) is 6.28. The van der Waals surface area contributed by atoms with Crippen LogP contribution >= 0.6 is 0 Å². The van der Waals surface area contributed by atoms with Gasteiger partial charge in [0.25, 0.3) is 0 Å². The molecule has 0 aliphatic heterocycles. The van der Waals surface area contributed by atoms with Gasteiger partial charge in [0.15, 0.2) is 11.6 Å². The fraction of sp³-hybridized carbons (Fsp3) is 0.615. The molecule has 1 fully saturated rings. The van der Waals surface area contributed by atoms with Crippen LogP contribution < -0.4 is 9.47 Å². The molecule has 0 bridgehead atoms. The largest absolute Gasteiger partial charge is 0.491 e. The van der Waals surface area contributed by atoms with E-state index in [0.717, 1.165) is 29.9 Å². The topological polar surface area (TPSA) is 44.2 Å². The molecule has 1 aliphatic carbocycles. The molecule has 0 saturated heterocycles. The molecular weight excluding hydrogens is 391 g/mol. The van der Waals surface area contributed by atoms with E-state index in [1.54, 1.807) is 18.5 Å². The number of hydrogen-bond donors (Lipinski definition) is 0. The molecular formula is C26H37FN2O2. The molecule has 5 heteroatoms. The molecule has 0 spiro atoms. The number of benzene rings is 1. The first-order valence-corrected chi connectivity index (χ1v) is 12.1. The van der Waals surface area contributed by atoms with Crippen LogP contribution in [0.3, 0.4) is 0 Å². The Balaban J connectivity index is 1.45. The number of unbranched alkanes of at least 4 members (excludes halogenated alkanes) is 3. The minimum atomic E-state index is -0.362. The Morgan fingerprint density at radius 3 is 2.26 bits per heavy atom. The molecule has 0 N–H and O–H groups in total. The zero-order chi connectivity index (χ0) is 21.9. The van der Waals surface area contributed by atoms with E-state index >= 15 is 0 Å². The lowest BCUT2D eigenvalue weighted by molar-refractivity contribution is 0.169. The maximum Gasteiger partial charge on any atom is 0.316 e. The van der Waals surface area contributed by atoms with Gasteiger partial charge in [-0.15, -0.1) is 0 Å². The Morgan fingerprint density at radius 1 is 0.871 bits per heavy atom. The number of aromatic nitrogens is 2. The third kappa shape index (κ3) is 7.48. The Hall–Kier alpha value is -2.17. The lowest BCUT2D eigenvalue weighted by atomic mass is 9.80. The summed E-state index contributed by atoms with van der Waals surface area (Å²) in [5, 5.41) is 0. The van der Waals surface area contributed by atoms with Crippen molar-refractivity contribution in [2.75, 3.05) is 13.2 Å². The summed E-state index contributed by atoms with van der Waals surface area (Å²) in [5.74, 6) is 1.43. The molecule has 3 rings (SSSR count). The summed E-state index contributed by atoms with van der Waals surface area (Å²) in [6.07, 6.45) is 15.9. The van der Waals surface area contributed by atoms with E-state index in [0.29, 0.717) is 25.1 Å². The van der Waals surface area contributed by atoms with Gasteiger partial charge in [0, 0.05) is 18.0 Å². The minimum absolute atomic E-state index is 0.290. The highest BCUT2D eigenvalue weighted by atomic mass is 19.1. The Kier molecular flexibility index (Phi) is 9.57. The molecule has 1 heterocycles. The first kappa shape index (κ1) is 23.5. The highest BCUT2D eigenvalue weighted by Crippen LogP contribution is 2.32. The highest BCUT2D eigenvalue weighted by molar-refractivity contribution is 5.62. The van der Waals surface area contributed by atoms with E-state index < -0.39 is 0 Å². The molecule has 170 valence electrons. The van der Waals surface area contributed by atoms with Crippen molar-refractivity contribution in [3.05, 3.63) is 36.4 Å². The van der Waals surface area contributed by atoms with Crippen molar-refractivity contribution < 1.29 is 13.9 Å². The normalized spacial score (nSPS) is 18.7. The zero-order valence-electron chi connectivity index (χ0n) is 19.1. The summed E-state index contributed by atoms with van der Waals surface area (Å²) in [4.78, 5) is 8.66. The van der Waals surface area contributed by atoms with Gasteiger partial charge in [-0.1, -0.05) is 64.9 Å². The number of rotatable bonds is 12. The van der Waals surface area contributed by atoms with Gasteiger partial charge in [-0.05, 0) is 48.8 Å². The van der Waals surface area contributed by atoms with Crippen molar-refractivity contribution in [1.82, 2.24) is 9.97 Å². The second kappa shape index (κ2) is 12.6. The first-order valence-electron chi connectivity index (χ1n) is 12.1. The molecule has 31 heavy (non-hydrogen) atoms. The summed E-state index contributed by atoms with van der Waals surface area (Å²) in [6, 6.07) is 5.37. The molecule has 4 nitrogen and oxygen atoms in total. The second-order valence-electron chi connectivity index (χ2n) is 8.80. The maximum atomic E-state index is 14.3. The zero-order valence-corrected chi connectivity index (χ0v) is 19.1. The fourth-order valence-corrected chi connectivity index (χ4v) is 4.23. The fourth-order valence-electron chi connectivity index (χ4n) is 4.23. The predicted molar refractivity (Wildman–Crippen MR) is 123 cm³/mol. The SMILES string of the molecule is CCCCC[C@H]1CC[C@H](COc2ncc(-c3ccc(OCCCC)c(F)c3)cn2)CC1. The second-order valence-corrected chi connectivity index (χ2v) is 8.80. The van der Waals surface area contributed by atoms with Gasteiger partial charge in [-0.3, -0.25) is 0 Å². The highest BCUT2D eigenvalue weighted by Gasteiger charge is 2.21. The Morgan fingerprint density at radius 2 is 1.58 bits per heavy atom. The van der Waals surface area contributed by atoms with Crippen LogP contribution in [-0.4, -0.2) is 23.2 Å². The van der Waals surface area contributed by atoms with Crippen LogP contribution in [0.4, 0.5) is 4.39 Å². The van der Waals surface area contributed by atoms with Crippen LogP contribution in [0.15, 0.2) is 30.6 Å². The van der Waals surface area contributed by atoms with Crippen molar-refractivity contribution in [1.29, 1.82) is 0 Å². The molecule has 1 aromatic heterocycles. The van der Waals surface area contributed by atoms with E-state index in [1.165, 1.54) is 57.4 Å². The number of nitrogens with zero attached hydrogens (tertiary/aromatic N) is 2. The monoisotopic (exact) mass is 428 g/mol. The Bertz CT molecular complexity index is 773. The molecule has 1 aliphatic rings. The summed E-state index contributed by atoms with van der Waals surface area (Å²) in [5.41, 5.74) is 1.49. The molecule has 1 aromatic carbocycles. The van der Waals surface area contributed by atoms with Crippen molar-refractivity contribution >= 4 is 0 Å². The lowest BCUT2D eigenvalue weighted by Crippen LogP contribution is -2.20. The van der Waals surface area contributed by atoms with E-state index in [2.05, 4.69) is 23.8 Å². The van der Waals surface area contributed by atoms with Gasteiger partial charge in [-0.25, -0.2) is 14.4 Å². The average molecular weight is 429 g/mol. The van der Waals surface area contributed by atoms with Crippen LogP contribution in [0.1, 0.15) is 78.1 Å². The molecule has 0 unspecified atom stereocenters. The van der Waals surface area contributed by atoms with Crippen molar-refractivity contribution in [2.45, 2.75) is 78.1 Å². The molecule has 1 saturated carbocycles. The molecule has 0 radical (unpaired) electrons. The van der Waals surface area contributed by atoms with E-state index in [4.69, 9.17) is 9.47 Å². The van der Waals surface area contributed by atoms with E-state index in [1.807, 2.05) is 6.07 Å². The first-order chi connectivity index (χ1) is 15.2. The van der Waals surface area contributed by atoms with Crippen LogP contribution in [0.25, 0.3) is 11.1 Å².